The fourth-order valence-corrected chi connectivity index (χ4v) is 2.35. The molecule has 2 unspecified atom stereocenters. The minimum Gasteiger partial charge on any atom is -0.478 e. The Morgan fingerprint density at radius 3 is 2.68 bits per heavy atom. The van der Waals surface area contributed by atoms with Crippen LogP contribution in [0.1, 0.15) is 29.9 Å². The first-order valence-electron chi connectivity index (χ1n) is 6.16. The monoisotopic (exact) mass is 284 g/mol. The van der Waals surface area contributed by atoms with Crippen LogP contribution in [-0.2, 0) is 6.42 Å². The van der Waals surface area contributed by atoms with Crippen molar-refractivity contribution in [2.45, 2.75) is 31.6 Å². The Balaban J connectivity index is 2.93. The largest absolute Gasteiger partial charge is 0.478 e. The van der Waals surface area contributed by atoms with Gasteiger partial charge in [0, 0.05) is 17.0 Å². The van der Waals surface area contributed by atoms with E-state index in [0.717, 1.165) is 5.69 Å². The molecule has 0 saturated heterocycles. The number of carbonyl (C=O) groups is 1. The van der Waals surface area contributed by atoms with Crippen LogP contribution in [0.3, 0.4) is 0 Å². The topological polar surface area (TPSA) is 82.5 Å². The quantitative estimate of drug-likeness (QED) is 0.709. The first kappa shape index (κ1) is 15.8. The average molecular weight is 284 g/mol. The molecule has 1 aromatic rings. The van der Waals surface area contributed by atoms with Crippen LogP contribution in [0.5, 0.6) is 0 Å². The average Bonchev–Trinajstić information content (AvgIpc) is 2.39. The molecule has 0 bridgehead atoms. The lowest BCUT2D eigenvalue weighted by Crippen LogP contribution is -2.31. The second-order valence-electron chi connectivity index (χ2n) is 4.28. The second-order valence-corrected chi connectivity index (χ2v) is 5.36. The molecular formula is C13H20N2O3S. The number of pyridine rings is 1. The van der Waals surface area contributed by atoms with Gasteiger partial charge in [0.25, 0.3) is 0 Å². The maximum absolute atomic E-state index is 11.1. The third kappa shape index (κ3) is 4.40. The molecule has 6 heteroatoms. The van der Waals surface area contributed by atoms with Crippen LogP contribution < -0.4 is 5.32 Å². The SMILES string of the molecule is CCc1cc(C(=O)O)cc(NC(C)C(CO)SC)n1. The lowest BCUT2D eigenvalue weighted by molar-refractivity contribution is 0.0696. The van der Waals surface area contributed by atoms with E-state index in [1.54, 1.807) is 17.8 Å². The predicted molar refractivity (Wildman–Crippen MR) is 78.0 cm³/mol. The van der Waals surface area contributed by atoms with Crippen molar-refractivity contribution in [3.63, 3.8) is 0 Å². The molecular weight excluding hydrogens is 264 g/mol. The molecule has 0 aliphatic rings. The molecule has 3 N–H and O–H groups in total. The number of aromatic nitrogens is 1. The van der Waals surface area contributed by atoms with E-state index in [4.69, 9.17) is 5.11 Å². The van der Waals surface area contributed by atoms with Gasteiger partial charge in [-0.25, -0.2) is 9.78 Å². The van der Waals surface area contributed by atoms with Crippen LogP contribution in [-0.4, -0.2) is 45.3 Å². The first-order chi connectivity index (χ1) is 9.01. The first-order valence-corrected chi connectivity index (χ1v) is 7.45. The lowest BCUT2D eigenvalue weighted by Gasteiger charge is -2.22. The van der Waals surface area contributed by atoms with E-state index in [-0.39, 0.29) is 23.5 Å². The molecule has 0 saturated carbocycles. The number of anilines is 1. The Kier molecular flexibility index (Phi) is 6.11. The van der Waals surface area contributed by atoms with Crippen LogP contribution in [0.25, 0.3) is 0 Å². The van der Waals surface area contributed by atoms with E-state index in [2.05, 4.69) is 10.3 Å². The van der Waals surface area contributed by atoms with Gasteiger partial charge in [0.05, 0.1) is 12.2 Å². The molecule has 0 amide bonds. The number of aromatic carboxylic acids is 1. The van der Waals surface area contributed by atoms with E-state index in [9.17, 15) is 9.90 Å². The Morgan fingerprint density at radius 1 is 1.53 bits per heavy atom. The van der Waals surface area contributed by atoms with Crippen molar-refractivity contribution >= 4 is 23.5 Å². The van der Waals surface area contributed by atoms with Crippen LogP contribution >= 0.6 is 11.8 Å². The molecule has 0 aliphatic heterocycles. The third-order valence-corrected chi connectivity index (χ3v) is 4.07. The molecule has 0 radical (unpaired) electrons. The van der Waals surface area contributed by atoms with Crippen LogP contribution in [0.4, 0.5) is 5.82 Å². The molecule has 1 aromatic heterocycles. The number of aryl methyl sites for hydroxylation is 1. The summed E-state index contributed by atoms with van der Waals surface area (Å²) in [7, 11) is 0. The van der Waals surface area contributed by atoms with Crippen molar-refractivity contribution in [3.8, 4) is 0 Å². The van der Waals surface area contributed by atoms with Gasteiger partial charge in [0.15, 0.2) is 0 Å². The minimum atomic E-state index is -0.962. The number of rotatable bonds is 7. The summed E-state index contributed by atoms with van der Waals surface area (Å²) in [5.74, 6) is -0.423. The van der Waals surface area contributed by atoms with Gasteiger partial charge < -0.3 is 15.5 Å². The molecule has 0 spiro atoms. The van der Waals surface area contributed by atoms with Gasteiger partial charge in [0.2, 0.25) is 0 Å². The van der Waals surface area contributed by atoms with Crippen LogP contribution in [0, 0.1) is 0 Å². The van der Waals surface area contributed by atoms with Gasteiger partial charge in [-0.05, 0) is 31.7 Å². The summed E-state index contributed by atoms with van der Waals surface area (Å²) < 4.78 is 0. The van der Waals surface area contributed by atoms with E-state index in [1.807, 2.05) is 20.1 Å². The summed E-state index contributed by atoms with van der Waals surface area (Å²) in [6.07, 6.45) is 2.60. The number of aliphatic hydroxyl groups excluding tert-OH is 1. The van der Waals surface area contributed by atoms with Crippen molar-refractivity contribution in [2.24, 2.45) is 0 Å². The summed E-state index contributed by atoms with van der Waals surface area (Å²) >= 11 is 1.56. The number of hydrogen-bond acceptors (Lipinski definition) is 5. The van der Waals surface area contributed by atoms with Crippen molar-refractivity contribution in [1.29, 1.82) is 0 Å². The second kappa shape index (κ2) is 7.35. The van der Waals surface area contributed by atoms with Crippen molar-refractivity contribution < 1.29 is 15.0 Å². The van der Waals surface area contributed by atoms with Gasteiger partial charge in [-0.3, -0.25) is 0 Å². The Morgan fingerprint density at radius 2 is 2.21 bits per heavy atom. The van der Waals surface area contributed by atoms with Crippen LogP contribution in [0.15, 0.2) is 12.1 Å². The van der Waals surface area contributed by atoms with Crippen molar-refractivity contribution in [1.82, 2.24) is 4.98 Å². The fraction of sp³-hybridized carbons (Fsp3) is 0.538. The molecule has 1 rings (SSSR count). The van der Waals surface area contributed by atoms with Crippen LogP contribution in [0.2, 0.25) is 0 Å². The zero-order valence-electron chi connectivity index (χ0n) is 11.4. The highest BCUT2D eigenvalue weighted by atomic mass is 32.2. The molecule has 19 heavy (non-hydrogen) atoms. The van der Waals surface area contributed by atoms with E-state index in [0.29, 0.717) is 12.2 Å². The highest BCUT2D eigenvalue weighted by Crippen LogP contribution is 2.17. The van der Waals surface area contributed by atoms with Gasteiger partial charge in [-0.15, -0.1) is 0 Å². The lowest BCUT2D eigenvalue weighted by atomic mass is 10.2. The third-order valence-electron chi connectivity index (χ3n) is 2.90. The van der Waals surface area contributed by atoms with Gasteiger partial charge >= 0.3 is 5.97 Å². The van der Waals surface area contributed by atoms with E-state index < -0.39 is 5.97 Å². The smallest absolute Gasteiger partial charge is 0.335 e. The number of thioether (sulfide) groups is 1. The van der Waals surface area contributed by atoms with Crippen molar-refractivity contribution in [3.05, 3.63) is 23.4 Å². The molecule has 106 valence electrons. The number of nitrogens with zero attached hydrogens (tertiary/aromatic N) is 1. The normalized spacial score (nSPS) is 13.9. The Hall–Kier alpha value is -1.27. The maximum Gasteiger partial charge on any atom is 0.335 e. The summed E-state index contributed by atoms with van der Waals surface area (Å²) in [5.41, 5.74) is 0.963. The number of carboxylic acids is 1. The van der Waals surface area contributed by atoms with Gasteiger partial charge in [-0.2, -0.15) is 11.8 Å². The Bertz CT molecular complexity index is 436. The molecule has 0 aromatic carbocycles. The summed E-state index contributed by atoms with van der Waals surface area (Å²) in [6, 6.07) is 3.10. The molecule has 1 heterocycles. The standard InChI is InChI=1S/C13H20N2O3S/c1-4-10-5-9(13(17)18)6-12(15-10)14-8(2)11(7-16)19-3/h5-6,8,11,16H,4,7H2,1-3H3,(H,14,15)(H,17,18). The zero-order valence-corrected chi connectivity index (χ0v) is 12.2. The predicted octanol–water partition coefficient (Wildman–Crippen LogP) is 1.87. The Labute approximate surface area is 117 Å². The summed E-state index contributed by atoms with van der Waals surface area (Å²) in [6.45, 7) is 3.94. The number of hydrogen-bond donors (Lipinski definition) is 3. The highest BCUT2D eigenvalue weighted by Gasteiger charge is 2.16. The number of carboxylic acid groups (broad SMARTS) is 1. The molecule has 0 aliphatic carbocycles. The summed E-state index contributed by atoms with van der Waals surface area (Å²) in [5, 5.41) is 21.5. The minimum absolute atomic E-state index is 0.00116. The van der Waals surface area contributed by atoms with Gasteiger partial charge in [-0.1, -0.05) is 6.92 Å². The van der Waals surface area contributed by atoms with E-state index in [1.165, 1.54) is 6.07 Å². The van der Waals surface area contributed by atoms with E-state index >= 15 is 0 Å². The number of nitrogens with one attached hydrogen (secondary N) is 1. The molecule has 5 nitrogen and oxygen atoms in total. The highest BCUT2D eigenvalue weighted by molar-refractivity contribution is 7.99. The zero-order chi connectivity index (χ0) is 14.4. The maximum atomic E-state index is 11.1. The fourth-order valence-electron chi connectivity index (χ4n) is 1.73. The molecule has 2 atom stereocenters. The van der Waals surface area contributed by atoms with Crippen molar-refractivity contribution in [2.75, 3.05) is 18.2 Å². The number of aliphatic hydroxyl groups is 1. The van der Waals surface area contributed by atoms with Gasteiger partial charge in [0.1, 0.15) is 5.82 Å². The molecule has 0 fully saturated rings. The summed E-state index contributed by atoms with van der Waals surface area (Å²) in [4.78, 5) is 15.4.